The molecule has 1 N–H and O–H groups in total. The number of para-hydroxylation sites is 1. The van der Waals surface area contributed by atoms with Gasteiger partial charge in [-0.3, -0.25) is 4.79 Å². The van der Waals surface area contributed by atoms with Crippen molar-refractivity contribution >= 4 is 32.5 Å². The number of pyridine rings is 1. The molecule has 0 bridgehead atoms. The number of nitrogens with one attached hydrogen (secondary N) is 1. The number of fused-ring (bicyclic) bond motifs is 2. The first-order valence-corrected chi connectivity index (χ1v) is 6.09. The second-order valence-electron chi connectivity index (χ2n) is 3.78. The quantitative estimate of drug-likeness (QED) is 0.727. The maximum atomic E-state index is 12.4. The van der Waals surface area contributed by atoms with Crippen molar-refractivity contribution in [2.24, 2.45) is 0 Å². The molecular weight excluding hydrogens is 248 g/mol. The molecule has 0 unspecified atom stereocenters. The average molecular weight is 256 g/mol. The highest BCUT2D eigenvalue weighted by Crippen LogP contribution is 2.34. The van der Waals surface area contributed by atoms with Gasteiger partial charge >= 0.3 is 0 Å². The van der Waals surface area contributed by atoms with E-state index >= 15 is 0 Å². The zero-order chi connectivity index (χ0) is 12.7. The summed E-state index contributed by atoms with van der Waals surface area (Å²) in [4.78, 5) is 16.6. The molecule has 0 atom stereocenters. The van der Waals surface area contributed by atoms with Crippen molar-refractivity contribution in [2.45, 2.75) is 0 Å². The number of nitrogens with zero attached hydrogens (tertiary/aromatic N) is 1. The summed E-state index contributed by atoms with van der Waals surface area (Å²) in [5, 5.41) is 10.1. The molecule has 88 valence electrons. The van der Waals surface area contributed by atoms with E-state index in [1.165, 1.54) is 18.4 Å². The van der Waals surface area contributed by atoms with Crippen LogP contribution in [-0.2, 0) is 0 Å². The van der Waals surface area contributed by atoms with Gasteiger partial charge < -0.3 is 9.72 Å². The molecule has 3 rings (SSSR count). The third-order valence-corrected chi connectivity index (χ3v) is 3.81. The Labute approximate surface area is 106 Å². The van der Waals surface area contributed by atoms with Gasteiger partial charge in [0.05, 0.1) is 12.6 Å². The summed E-state index contributed by atoms with van der Waals surface area (Å²) < 4.78 is 5.19. The predicted octanol–water partition coefficient (Wildman–Crippen LogP) is 2.62. The zero-order valence-corrected chi connectivity index (χ0v) is 10.3. The number of rotatable bonds is 1. The molecule has 0 amide bonds. The minimum atomic E-state index is -0.103. The summed E-state index contributed by atoms with van der Waals surface area (Å²) in [7, 11) is 1.47. The van der Waals surface area contributed by atoms with Gasteiger partial charge in [-0.1, -0.05) is 12.1 Å². The first kappa shape index (κ1) is 10.8. The Hall–Kier alpha value is -2.32. The average Bonchev–Trinajstić information content (AvgIpc) is 2.76. The molecule has 0 fully saturated rings. The van der Waals surface area contributed by atoms with Gasteiger partial charge in [0.15, 0.2) is 5.75 Å². The third-order valence-electron chi connectivity index (χ3n) is 2.82. The predicted molar refractivity (Wildman–Crippen MR) is 71.2 cm³/mol. The molecule has 18 heavy (non-hydrogen) atoms. The fourth-order valence-electron chi connectivity index (χ4n) is 2.03. The Morgan fingerprint density at radius 3 is 2.89 bits per heavy atom. The molecule has 2 heterocycles. The van der Waals surface area contributed by atoms with E-state index in [1.54, 1.807) is 6.07 Å². The van der Waals surface area contributed by atoms with Crippen molar-refractivity contribution < 1.29 is 4.74 Å². The van der Waals surface area contributed by atoms with Gasteiger partial charge in [0.2, 0.25) is 5.43 Å². The number of hydrogen-bond donors (Lipinski definition) is 1. The molecule has 4 nitrogen and oxygen atoms in total. The van der Waals surface area contributed by atoms with Gasteiger partial charge in [-0.2, -0.15) is 5.26 Å². The van der Waals surface area contributed by atoms with Gasteiger partial charge in [-0.05, 0) is 12.1 Å². The Balaban J connectivity index is 2.60. The second kappa shape index (κ2) is 3.86. The number of aromatic amines is 1. The topological polar surface area (TPSA) is 65.9 Å². The molecule has 0 saturated heterocycles. The number of H-pyrrole nitrogens is 1. The lowest BCUT2D eigenvalue weighted by molar-refractivity contribution is 0.420. The molecule has 0 aliphatic rings. The van der Waals surface area contributed by atoms with Crippen LogP contribution < -0.4 is 10.2 Å². The Morgan fingerprint density at radius 1 is 1.39 bits per heavy atom. The summed E-state index contributed by atoms with van der Waals surface area (Å²) in [6.45, 7) is 0. The van der Waals surface area contributed by atoms with E-state index in [1.807, 2.05) is 18.2 Å². The van der Waals surface area contributed by atoms with Crippen LogP contribution in [0.4, 0.5) is 0 Å². The first-order chi connectivity index (χ1) is 8.76. The van der Waals surface area contributed by atoms with Crippen LogP contribution in [0.5, 0.6) is 5.75 Å². The molecule has 3 aromatic rings. The molecule has 0 aliphatic carbocycles. The SMILES string of the molecule is COc1c(C#N)sc2[nH]c3ccccc3c(=O)c12. The van der Waals surface area contributed by atoms with E-state index in [-0.39, 0.29) is 5.43 Å². The lowest BCUT2D eigenvalue weighted by Gasteiger charge is -2.00. The fraction of sp³-hybridized carbons (Fsp3) is 0.0769. The third kappa shape index (κ3) is 1.33. The van der Waals surface area contributed by atoms with Crippen LogP contribution in [0.25, 0.3) is 21.1 Å². The highest BCUT2D eigenvalue weighted by Gasteiger charge is 2.17. The molecular formula is C13H8N2O2S. The minimum absolute atomic E-state index is 0.103. The van der Waals surface area contributed by atoms with E-state index < -0.39 is 0 Å². The number of hydrogen-bond acceptors (Lipinski definition) is 4. The summed E-state index contributed by atoms with van der Waals surface area (Å²) >= 11 is 1.24. The summed E-state index contributed by atoms with van der Waals surface area (Å²) in [6, 6.07) is 9.33. The lowest BCUT2D eigenvalue weighted by Crippen LogP contribution is -2.03. The second-order valence-corrected chi connectivity index (χ2v) is 4.80. The van der Waals surface area contributed by atoms with Crippen molar-refractivity contribution in [3.63, 3.8) is 0 Å². The first-order valence-electron chi connectivity index (χ1n) is 5.28. The van der Waals surface area contributed by atoms with E-state index in [0.717, 1.165) is 5.52 Å². The highest BCUT2D eigenvalue weighted by atomic mass is 32.1. The molecule has 0 aliphatic heterocycles. The zero-order valence-electron chi connectivity index (χ0n) is 9.48. The monoisotopic (exact) mass is 256 g/mol. The lowest BCUT2D eigenvalue weighted by atomic mass is 10.1. The van der Waals surface area contributed by atoms with Crippen LogP contribution in [0.3, 0.4) is 0 Å². The number of aromatic nitrogens is 1. The largest absolute Gasteiger partial charge is 0.494 e. The fourth-order valence-corrected chi connectivity index (χ4v) is 3.00. The summed E-state index contributed by atoms with van der Waals surface area (Å²) in [6.07, 6.45) is 0. The van der Waals surface area contributed by atoms with Crippen LogP contribution in [0, 0.1) is 11.3 Å². The smallest absolute Gasteiger partial charge is 0.201 e. The maximum Gasteiger partial charge on any atom is 0.201 e. The van der Waals surface area contributed by atoms with Crippen LogP contribution in [0.2, 0.25) is 0 Å². The van der Waals surface area contributed by atoms with Gasteiger partial charge in [0.1, 0.15) is 21.2 Å². The summed E-state index contributed by atoms with van der Waals surface area (Å²) in [5.41, 5.74) is 0.664. The van der Waals surface area contributed by atoms with Crippen LogP contribution in [0.15, 0.2) is 29.1 Å². The van der Waals surface area contributed by atoms with Crippen LogP contribution in [-0.4, -0.2) is 12.1 Å². The van der Waals surface area contributed by atoms with Gasteiger partial charge in [0.25, 0.3) is 0 Å². The Kier molecular flexibility index (Phi) is 2.32. The molecule has 1 aromatic carbocycles. The Morgan fingerprint density at radius 2 is 2.17 bits per heavy atom. The number of thiophene rings is 1. The number of nitriles is 1. The van der Waals surface area contributed by atoms with Gasteiger partial charge in [-0.25, -0.2) is 0 Å². The Bertz CT molecular complexity index is 855. The molecule has 0 spiro atoms. The van der Waals surface area contributed by atoms with Crippen molar-refractivity contribution in [1.82, 2.24) is 4.98 Å². The molecule has 0 saturated carbocycles. The van der Waals surface area contributed by atoms with Crippen molar-refractivity contribution in [1.29, 1.82) is 5.26 Å². The van der Waals surface area contributed by atoms with E-state index in [2.05, 4.69) is 11.1 Å². The van der Waals surface area contributed by atoms with E-state index in [0.29, 0.717) is 26.2 Å². The summed E-state index contributed by atoms with van der Waals surface area (Å²) in [5.74, 6) is 0.365. The van der Waals surface area contributed by atoms with Crippen LogP contribution in [0.1, 0.15) is 4.88 Å². The molecule has 0 radical (unpaired) electrons. The molecule has 5 heteroatoms. The van der Waals surface area contributed by atoms with Gasteiger partial charge in [-0.15, -0.1) is 11.3 Å². The van der Waals surface area contributed by atoms with Gasteiger partial charge in [0, 0.05) is 5.39 Å². The number of methoxy groups -OCH3 is 1. The van der Waals surface area contributed by atoms with E-state index in [9.17, 15) is 4.79 Å². The maximum absolute atomic E-state index is 12.4. The number of ether oxygens (including phenoxy) is 1. The number of benzene rings is 1. The highest BCUT2D eigenvalue weighted by molar-refractivity contribution is 7.19. The van der Waals surface area contributed by atoms with Crippen molar-refractivity contribution in [2.75, 3.05) is 7.11 Å². The minimum Gasteiger partial charge on any atom is -0.494 e. The van der Waals surface area contributed by atoms with E-state index in [4.69, 9.17) is 10.00 Å². The van der Waals surface area contributed by atoms with Crippen molar-refractivity contribution in [3.05, 3.63) is 39.4 Å². The standard InChI is InChI=1S/C13H8N2O2S/c1-17-12-9(6-14)18-13-10(12)11(16)7-4-2-3-5-8(7)15-13/h2-5H,1H3,(H,15,16). The van der Waals surface area contributed by atoms with Crippen molar-refractivity contribution in [3.8, 4) is 11.8 Å². The molecule has 2 aromatic heterocycles. The van der Waals surface area contributed by atoms with Crippen LogP contribution >= 0.6 is 11.3 Å². The normalized spacial score (nSPS) is 10.7.